The number of nitrogens with one attached hydrogen (secondary N) is 1. The first-order valence-corrected chi connectivity index (χ1v) is 14.8. The van der Waals surface area contributed by atoms with Crippen LogP contribution in [0.15, 0.2) is 78.9 Å². The van der Waals surface area contributed by atoms with Gasteiger partial charge in [0.15, 0.2) is 0 Å². The first-order valence-electron chi connectivity index (χ1n) is 12.6. The normalized spacial score (nSPS) is 12.8. The van der Waals surface area contributed by atoms with Crippen LogP contribution in [0.2, 0.25) is 5.02 Å². The molecule has 0 saturated carbocycles. The lowest BCUT2D eigenvalue weighted by molar-refractivity contribution is -0.140. The number of carbonyl (C=O) groups is 2. The van der Waals surface area contributed by atoms with Gasteiger partial charge >= 0.3 is 0 Å². The summed E-state index contributed by atoms with van der Waals surface area (Å²) in [4.78, 5) is 28.9. The molecule has 3 aromatic rings. The maximum absolute atomic E-state index is 14.0. The lowest BCUT2D eigenvalue weighted by Crippen LogP contribution is -2.54. The first kappa shape index (κ1) is 30.1. The van der Waals surface area contributed by atoms with E-state index in [-0.39, 0.29) is 35.6 Å². The lowest BCUT2D eigenvalue weighted by atomic mass is 10.0. The number of halogens is 2. The van der Waals surface area contributed by atoms with Crippen LogP contribution in [-0.2, 0) is 32.6 Å². The third-order valence-electron chi connectivity index (χ3n) is 6.34. The number of sulfonamides is 1. The summed E-state index contributed by atoms with van der Waals surface area (Å²) >= 11 is 6.30. The van der Waals surface area contributed by atoms with Crippen molar-refractivity contribution in [3.8, 4) is 0 Å². The van der Waals surface area contributed by atoms with Crippen LogP contribution in [0.25, 0.3) is 0 Å². The molecule has 0 bridgehead atoms. The molecule has 0 radical (unpaired) electrons. The molecule has 0 aliphatic heterocycles. The Morgan fingerprint density at radius 3 is 2.15 bits per heavy atom. The monoisotopic (exact) mass is 573 g/mol. The van der Waals surface area contributed by atoms with Crippen molar-refractivity contribution in [2.75, 3.05) is 17.1 Å². The fraction of sp³-hybridized carbons (Fsp3) is 0.310. The molecular formula is C29H33ClFN3O4S. The van der Waals surface area contributed by atoms with Gasteiger partial charge < -0.3 is 10.2 Å². The molecule has 0 aliphatic rings. The van der Waals surface area contributed by atoms with Gasteiger partial charge in [-0.15, -0.1) is 0 Å². The van der Waals surface area contributed by atoms with E-state index in [0.717, 1.165) is 16.1 Å². The van der Waals surface area contributed by atoms with Gasteiger partial charge in [0.2, 0.25) is 21.8 Å². The number of carbonyl (C=O) groups excluding carboxylic acids is 2. The number of hydrogen-bond donors (Lipinski definition) is 1. The average molecular weight is 574 g/mol. The van der Waals surface area contributed by atoms with Crippen molar-refractivity contribution in [1.82, 2.24) is 10.2 Å². The smallest absolute Gasteiger partial charge is 0.244 e. The summed E-state index contributed by atoms with van der Waals surface area (Å²) in [6.07, 6.45) is 1.87. The van der Waals surface area contributed by atoms with Crippen LogP contribution in [0.4, 0.5) is 10.1 Å². The van der Waals surface area contributed by atoms with E-state index >= 15 is 0 Å². The predicted octanol–water partition coefficient (Wildman–Crippen LogP) is 4.80. The minimum Gasteiger partial charge on any atom is -0.352 e. The third kappa shape index (κ3) is 8.53. The molecule has 0 spiro atoms. The van der Waals surface area contributed by atoms with E-state index in [1.807, 2.05) is 44.2 Å². The van der Waals surface area contributed by atoms with E-state index in [1.165, 1.54) is 41.3 Å². The van der Waals surface area contributed by atoms with Crippen LogP contribution in [0.5, 0.6) is 0 Å². The van der Waals surface area contributed by atoms with Crippen molar-refractivity contribution in [2.45, 2.75) is 45.3 Å². The second-order valence-corrected chi connectivity index (χ2v) is 11.7. The van der Waals surface area contributed by atoms with Crippen LogP contribution in [0, 0.1) is 5.82 Å². The number of hydrogen-bond acceptors (Lipinski definition) is 4. The summed E-state index contributed by atoms with van der Waals surface area (Å²) < 4.78 is 40.2. The van der Waals surface area contributed by atoms with Gasteiger partial charge in [0.25, 0.3) is 0 Å². The largest absolute Gasteiger partial charge is 0.352 e. The molecule has 0 saturated heterocycles. The van der Waals surface area contributed by atoms with E-state index in [0.29, 0.717) is 12.0 Å². The van der Waals surface area contributed by atoms with Crippen molar-refractivity contribution in [3.05, 3.63) is 101 Å². The van der Waals surface area contributed by atoms with Crippen LogP contribution in [-0.4, -0.2) is 50.0 Å². The minimum atomic E-state index is -3.92. The zero-order valence-corrected chi connectivity index (χ0v) is 23.8. The van der Waals surface area contributed by atoms with Gasteiger partial charge in [-0.1, -0.05) is 73.1 Å². The summed E-state index contributed by atoms with van der Waals surface area (Å²) in [5.41, 5.74) is 1.56. The Balaban J connectivity index is 2.06. The van der Waals surface area contributed by atoms with Crippen LogP contribution in [0.1, 0.15) is 31.4 Å². The standard InChI is InChI=1S/C29H33ClFN3O4S/c1-4-21(2)32-29(36)27(18-22-10-6-5-7-11-22)33(19-23-14-16-24(31)17-15-23)28(35)20-34(39(3,37)38)26-13-9-8-12-25(26)30/h5-17,21,27H,4,18-20H2,1-3H3,(H,32,36)/t21-,27+/m0/s1. The Labute approximate surface area is 234 Å². The SMILES string of the molecule is CC[C@H](C)NC(=O)[C@@H](Cc1ccccc1)N(Cc1ccc(F)cc1)C(=O)CN(c1ccccc1Cl)S(C)(=O)=O. The molecule has 1 N–H and O–H groups in total. The summed E-state index contributed by atoms with van der Waals surface area (Å²) in [6, 6.07) is 20.1. The Bertz CT molecular complexity index is 1370. The summed E-state index contributed by atoms with van der Waals surface area (Å²) in [7, 11) is -3.92. The molecule has 39 heavy (non-hydrogen) atoms. The predicted molar refractivity (Wildman–Crippen MR) is 152 cm³/mol. The van der Waals surface area contributed by atoms with Crippen molar-refractivity contribution < 1.29 is 22.4 Å². The number of nitrogens with zero attached hydrogens (tertiary/aromatic N) is 2. The van der Waals surface area contributed by atoms with E-state index in [2.05, 4.69) is 5.32 Å². The highest BCUT2D eigenvalue weighted by atomic mass is 35.5. The molecular weight excluding hydrogens is 541 g/mol. The topological polar surface area (TPSA) is 86.8 Å². The third-order valence-corrected chi connectivity index (χ3v) is 7.78. The second kappa shape index (κ2) is 13.6. The number of anilines is 1. The van der Waals surface area contributed by atoms with Crippen molar-refractivity contribution in [2.24, 2.45) is 0 Å². The molecule has 2 atom stereocenters. The van der Waals surface area contributed by atoms with Crippen LogP contribution in [0.3, 0.4) is 0 Å². The molecule has 3 aromatic carbocycles. The molecule has 208 valence electrons. The van der Waals surface area contributed by atoms with Gasteiger partial charge in [-0.2, -0.15) is 0 Å². The van der Waals surface area contributed by atoms with Gasteiger partial charge in [-0.25, -0.2) is 12.8 Å². The Morgan fingerprint density at radius 2 is 1.56 bits per heavy atom. The fourth-order valence-corrected chi connectivity index (χ4v) is 5.18. The van der Waals surface area contributed by atoms with Crippen molar-refractivity contribution in [1.29, 1.82) is 0 Å². The van der Waals surface area contributed by atoms with Gasteiger partial charge in [-0.3, -0.25) is 13.9 Å². The molecule has 0 fully saturated rings. The van der Waals surface area contributed by atoms with Crippen LogP contribution < -0.4 is 9.62 Å². The summed E-state index contributed by atoms with van der Waals surface area (Å²) in [5, 5.41) is 3.12. The molecule has 7 nitrogen and oxygen atoms in total. The molecule has 0 heterocycles. The quantitative estimate of drug-likeness (QED) is 0.337. The van der Waals surface area contributed by atoms with E-state index in [9.17, 15) is 22.4 Å². The molecule has 0 aliphatic carbocycles. The van der Waals surface area contributed by atoms with Gasteiger partial charge in [0.1, 0.15) is 18.4 Å². The number of benzene rings is 3. The Hall–Kier alpha value is -3.43. The summed E-state index contributed by atoms with van der Waals surface area (Å²) in [5.74, 6) is -1.41. The van der Waals surface area contributed by atoms with E-state index in [4.69, 9.17) is 11.6 Å². The minimum absolute atomic E-state index is 0.0370. The number of para-hydroxylation sites is 1. The maximum Gasteiger partial charge on any atom is 0.244 e. The highest BCUT2D eigenvalue weighted by Crippen LogP contribution is 2.27. The molecule has 2 amide bonds. The summed E-state index contributed by atoms with van der Waals surface area (Å²) in [6.45, 7) is 3.19. The fourth-order valence-electron chi connectivity index (χ4n) is 4.03. The maximum atomic E-state index is 14.0. The van der Waals surface area contributed by atoms with E-state index < -0.39 is 34.3 Å². The first-order chi connectivity index (χ1) is 18.5. The molecule has 10 heteroatoms. The van der Waals surface area contributed by atoms with Gasteiger partial charge in [-0.05, 0) is 48.7 Å². The van der Waals surface area contributed by atoms with Crippen molar-refractivity contribution in [3.63, 3.8) is 0 Å². The van der Waals surface area contributed by atoms with Crippen LogP contribution >= 0.6 is 11.6 Å². The molecule has 3 rings (SSSR count). The van der Waals surface area contributed by atoms with Gasteiger partial charge in [0.05, 0.1) is 17.0 Å². The number of amides is 2. The number of rotatable bonds is 12. The highest BCUT2D eigenvalue weighted by molar-refractivity contribution is 7.92. The van der Waals surface area contributed by atoms with Gasteiger partial charge in [0, 0.05) is 19.0 Å². The second-order valence-electron chi connectivity index (χ2n) is 9.39. The average Bonchev–Trinajstić information content (AvgIpc) is 2.90. The lowest BCUT2D eigenvalue weighted by Gasteiger charge is -2.34. The molecule has 0 unspecified atom stereocenters. The Morgan fingerprint density at radius 1 is 0.949 bits per heavy atom. The zero-order valence-electron chi connectivity index (χ0n) is 22.2. The molecule has 0 aromatic heterocycles. The van der Waals surface area contributed by atoms with E-state index in [1.54, 1.807) is 12.1 Å². The highest BCUT2D eigenvalue weighted by Gasteiger charge is 2.33. The van der Waals surface area contributed by atoms with Crippen molar-refractivity contribution >= 4 is 39.1 Å². The Kier molecular flexibility index (Phi) is 10.5. The zero-order chi connectivity index (χ0) is 28.6.